The highest BCUT2D eigenvalue weighted by Gasteiger charge is 2.39. The van der Waals surface area contributed by atoms with Crippen molar-refractivity contribution < 1.29 is 33.0 Å². The number of nitrogens with zero attached hydrogens (tertiary/aromatic N) is 3. The van der Waals surface area contributed by atoms with Crippen LogP contribution in [-0.4, -0.2) is 89.6 Å². The first-order valence-electron chi connectivity index (χ1n) is 17.1. The number of nitrogens with one attached hydrogen (secondary N) is 1. The summed E-state index contributed by atoms with van der Waals surface area (Å²) >= 11 is 0. The summed E-state index contributed by atoms with van der Waals surface area (Å²) in [7, 11) is 1.50. The predicted octanol–water partition coefficient (Wildman–Crippen LogP) is 5.93. The Labute approximate surface area is 283 Å². The van der Waals surface area contributed by atoms with Crippen molar-refractivity contribution in [2.24, 2.45) is 5.92 Å². The van der Waals surface area contributed by atoms with Gasteiger partial charge < -0.3 is 29.5 Å². The van der Waals surface area contributed by atoms with E-state index in [0.29, 0.717) is 25.9 Å². The number of carbonyl (C=O) groups excluding carboxylic acids is 4. The molecule has 2 aliphatic rings. The molecule has 2 aromatic rings. The first-order valence-corrected chi connectivity index (χ1v) is 17.1. The van der Waals surface area contributed by atoms with Gasteiger partial charge in [0.1, 0.15) is 30.6 Å². The molecule has 262 valence electrons. The lowest BCUT2D eigenvalue weighted by Gasteiger charge is -2.36. The standard InChI is InChI=1S/C37H51FN4O6/c1-37(2,3)48-35(45)40(4)25-32(43)39-33(29-14-9-6-10-15-29)34(44)42-22-11-16-31(42)24-41(23-21-27-17-19-30(38)20-18-27)36(46)47-26-28-12-7-5-8-13-28/h5,7-8,12-13,17-20,29,31,33H,6,9-11,14-16,21-26H2,1-4H3,(H,39,43)/t31-,33-/m0/s1. The molecule has 1 aliphatic heterocycles. The largest absolute Gasteiger partial charge is 0.445 e. The molecular weight excluding hydrogens is 615 g/mol. The van der Waals surface area contributed by atoms with Gasteiger partial charge in [0, 0.05) is 32.7 Å². The van der Waals surface area contributed by atoms with Crippen molar-refractivity contribution in [2.45, 2.75) is 96.4 Å². The monoisotopic (exact) mass is 666 g/mol. The third-order valence-corrected chi connectivity index (χ3v) is 8.93. The molecule has 2 fully saturated rings. The number of carbonyl (C=O) groups is 4. The Morgan fingerprint density at radius 3 is 2.27 bits per heavy atom. The average Bonchev–Trinajstić information content (AvgIpc) is 3.53. The Balaban J connectivity index is 1.46. The van der Waals surface area contributed by atoms with Gasteiger partial charge in [-0.3, -0.25) is 9.59 Å². The maximum absolute atomic E-state index is 14.3. The molecule has 1 N–H and O–H groups in total. The van der Waals surface area contributed by atoms with Gasteiger partial charge in [0.2, 0.25) is 11.8 Å². The topological polar surface area (TPSA) is 108 Å². The molecule has 1 saturated heterocycles. The number of hydrogen-bond donors (Lipinski definition) is 1. The Hall–Kier alpha value is -4.15. The summed E-state index contributed by atoms with van der Waals surface area (Å²) < 4.78 is 24.6. The van der Waals surface area contributed by atoms with Crippen LogP contribution in [0.4, 0.5) is 14.0 Å². The highest BCUT2D eigenvalue weighted by molar-refractivity contribution is 5.90. The van der Waals surface area contributed by atoms with E-state index in [9.17, 15) is 23.6 Å². The Bertz CT molecular complexity index is 1360. The molecule has 48 heavy (non-hydrogen) atoms. The third-order valence-electron chi connectivity index (χ3n) is 8.93. The van der Waals surface area contributed by atoms with Crippen LogP contribution in [0.3, 0.4) is 0 Å². The van der Waals surface area contributed by atoms with Crippen LogP contribution in [0.2, 0.25) is 0 Å². The normalized spacial score (nSPS) is 17.4. The fourth-order valence-corrected chi connectivity index (χ4v) is 6.42. The van der Waals surface area contributed by atoms with Gasteiger partial charge in [-0.25, -0.2) is 14.0 Å². The van der Waals surface area contributed by atoms with Crippen LogP contribution in [0, 0.1) is 11.7 Å². The van der Waals surface area contributed by atoms with E-state index in [1.165, 1.54) is 24.1 Å². The quantitative estimate of drug-likeness (QED) is 0.301. The van der Waals surface area contributed by atoms with Crippen molar-refractivity contribution in [1.82, 2.24) is 20.0 Å². The molecule has 11 heteroatoms. The molecule has 2 atom stereocenters. The number of halogens is 1. The molecule has 10 nitrogen and oxygen atoms in total. The van der Waals surface area contributed by atoms with Gasteiger partial charge in [0.15, 0.2) is 0 Å². The van der Waals surface area contributed by atoms with Crippen LogP contribution in [-0.2, 0) is 32.1 Å². The molecular formula is C37H51FN4O6. The van der Waals surface area contributed by atoms with Crippen LogP contribution in [0.15, 0.2) is 54.6 Å². The SMILES string of the molecule is CN(CC(=O)N[C@H](C(=O)N1CCC[C@H]1CN(CCc1ccc(F)cc1)C(=O)OCc1ccccc1)C1CCCCC1)C(=O)OC(C)(C)C. The average molecular weight is 667 g/mol. The second kappa shape index (κ2) is 17.3. The van der Waals surface area contributed by atoms with E-state index in [1.54, 1.807) is 37.8 Å². The van der Waals surface area contributed by atoms with E-state index in [2.05, 4.69) is 5.32 Å². The molecule has 1 heterocycles. The smallest absolute Gasteiger partial charge is 0.410 e. The number of ether oxygens (including phenoxy) is 2. The van der Waals surface area contributed by atoms with Crippen molar-refractivity contribution in [3.8, 4) is 0 Å². The molecule has 0 unspecified atom stereocenters. The predicted molar refractivity (Wildman–Crippen MR) is 180 cm³/mol. The van der Waals surface area contributed by atoms with Crippen LogP contribution in [0.25, 0.3) is 0 Å². The molecule has 1 aliphatic carbocycles. The van der Waals surface area contributed by atoms with Crippen LogP contribution in [0.5, 0.6) is 0 Å². The fourth-order valence-electron chi connectivity index (χ4n) is 6.42. The highest BCUT2D eigenvalue weighted by Crippen LogP contribution is 2.30. The van der Waals surface area contributed by atoms with Crippen molar-refractivity contribution in [3.05, 3.63) is 71.5 Å². The maximum Gasteiger partial charge on any atom is 0.410 e. The number of hydrogen-bond acceptors (Lipinski definition) is 6. The minimum atomic E-state index is -0.733. The van der Waals surface area contributed by atoms with E-state index in [-0.39, 0.29) is 43.4 Å². The van der Waals surface area contributed by atoms with Crippen molar-refractivity contribution in [2.75, 3.05) is 33.2 Å². The molecule has 0 spiro atoms. The zero-order valence-electron chi connectivity index (χ0n) is 28.8. The van der Waals surface area contributed by atoms with E-state index in [1.807, 2.05) is 35.2 Å². The van der Waals surface area contributed by atoms with Crippen molar-refractivity contribution in [3.63, 3.8) is 0 Å². The summed E-state index contributed by atoms with van der Waals surface area (Å²) in [4.78, 5) is 58.2. The van der Waals surface area contributed by atoms with Crippen LogP contribution < -0.4 is 5.32 Å². The van der Waals surface area contributed by atoms with E-state index in [0.717, 1.165) is 49.7 Å². The summed E-state index contributed by atoms with van der Waals surface area (Å²) in [5.74, 6) is -0.926. The molecule has 4 amide bonds. The molecule has 2 aromatic carbocycles. The van der Waals surface area contributed by atoms with E-state index >= 15 is 0 Å². The van der Waals surface area contributed by atoms with Gasteiger partial charge >= 0.3 is 12.2 Å². The first kappa shape index (κ1) is 36.7. The second-order valence-electron chi connectivity index (χ2n) is 14.0. The number of rotatable bonds is 12. The highest BCUT2D eigenvalue weighted by atomic mass is 19.1. The molecule has 1 saturated carbocycles. The zero-order chi connectivity index (χ0) is 34.7. The van der Waals surface area contributed by atoms with Gasteiger partial charge in [0.05, 0.1) is 0 Å². The summed E-state index contributed by atoms with van der Waals surface area (Å²) in [6.45, 7) is 6.28. The number of likely N-dealkylation sites (tertiary alicyclic amines) is 1. The molecule has 4 rings (SSSR count). The molecule has 0 bridgehead atoms. The Morgan fingerprint density at radius 2 is 1.60 bits per heavy atom. The third kappa shape index (κ3) is 11.2. The first-order chi connectivity index (χ1) is 22.9. The van der Waals surface area contributed by atoms with Gasteiger partial charge in [-0.05, 0) is 82.1 Å². The second-order valence-corrected chi connectivity index (χ2v) is 14.0. The van der Waals surface area contributed by atoms with Gasteiger partial charge in [0.25, 0.3) is 0 Å². The van der Waals surface area contributed by atoms with Gasteiger partial charge in [-0.1, -0.05) is 61.7 Å². The zero-order valence-corrected chi connectivity index (χ0v) is 28.8. The van der Waals surface area contributed by atoms with Gasteiger partial charge in [-0.15, -0.1) is 0 Å². The maximum atomic E-state index is 14.3. The number of likely N-dealkylation sites (N-methyl/N-ethyl adjacent to an activating group) is 1. The van der Waals surface area contributed by atoms with E-state index < -0.39 is 29.7 Å². The summed E-state index contributed by atoms with van der Waals surface area (Å²) in [5.41, 5.74) is 1.05. The summed E-state index contributed by atoms with van der Waals surface area (Å²) in [6.07, 6.45) is 5.58. The summed E-state index contributed by atoms with van der Waals surface area (Å²) in [5, 5.41) is 2.98. The Kier molecular flexibility index (Phi) is 13.2. The van der Waals surface area contributed by atoms with E-state index in [4.69, 9.17) is 9.47 Å². The fraction of sp³-hybridized carbons (Fsp3) is 0.568. The lowest BCUT2D eigenvalue weighted by atomic mass is 9.83. The van der Waals surface area contributed by atoms with Crippen LogP contribution in [0.1, 0.15) is 76.8 Å². The lowest BCUT2D eigenvalue weighted by Crippen LogP contribution is -2.56. The minimum absolute atomic E-state index is 0.0197. The minimum Gasteiger partial charge on any atom is -0.445 e. The molecule has 0 aromatic heterocycles. The van der Waals surface area contributed by atoms with Crippen molar-refractivity contribution >= 4 is 24.0 Å². The number of amides is 4. The van der Waals surface area contributed by atoms with Gasteiger partial charge in [-0.2, -0.15) is 0 Å². The Morgan fingerprint density at radius 1 is 0.917 bits per heavy atom. The van der Waals surface area contributed by atoms with Crippen LogP contribution >= 0.6 is 0 Å². The van der Waals surface area contributed by atoms with Crippen molar-refractivity contribution in [1.29, 1.82) is 0 Å². The number of benzene rings is 2. The summed E-state index contributed by atoms with van der Waals surface area (Å²) in [6, 6.07) is 14.6. The molecule has 0 radical (unpaired) electrons. The lowest BCUT2D eigenvalue weighted by molar-refractivity contribution is -0.139.